The van der Waals surface area contributed by atoms with Gasteiger partial charge in [-0.2, -0.15) is 0 Å². The first-order valence-corrected chi connectivity index (χ1v) is 5.06. The number of nitrogens with one attached hydrogen (secondary N) is 1. The lowest BCUT2D eigenvalue weighted by Crippen LogP contribution is -2.11. The van der Waals surface area contributed by atoms with E-state index in [1.165, 1.54) is 5.56 Å². The zero-order valence-corrected chi connectivity index (χ0v) is 9.14. The Bertz CT molecular complexity index is 500. The van der Waals surface area contributed by atoms with Crippen molar-refractivity contribution in [3.63, 3.8) is 0 Å². The molecular weight excluding hydrogens is 200 g/mol. The Morgan fingerprint density at radius 1 is 1.50 bits per heavy atom. The van der Waals surface area contributed by atoms with Gasteiger partial charge in [-0.25, -0.2) is 4.98 Å². The maximum absolute atomic E-state index is 7.36. The van der Waals surface area contributed by atoms with Crippen LogP contribution in [0.4, 0.5) is 0 Å². The molecule has 0 bridgehead atoms. The van der Waals surface area contributed by atoms with Crippen LogP contribution in [0.1, 0.15) is 16.7 Å². The molecule has 1 aromatic carbocycles. The number of imidazole rings is 1. The van der Waals surface area contributed by atoms with Gasteiger partial charge in [-0.15, -0.1) is 0 Å². The van der Waals surface area contributed by atoms with Gasteiger partial charge >= 0.3 is 0 Å². The van der Waals surface area contributed by atoms with Crippen molar-refractivity contribution in [2.45, 2.75) is 13.5 Å². The smallest absolute Gasteiger partial charge is 0.122 e. The lowest BCUT2D eigenvalue weighted by Gasteiger charge is -2.08. The summed E-state index contributed by atoms with van der Waals surface area (Å²) >= 11 is 0. The lowest BCUT2D eigenvalue weighted by atomic mass is 10.0. The van der Waals surface area contributed by atoms with Crippen molar-refractivity contribution in [2.24, 2.45) is 5.73 Å². The summed E-state index contributed by atoms with van der Waals surface area (Å²) in [5, 5.41) is 7.36. The van der Waals surface area contributed by atoms with Crippen LogP contribution in [0.2, 0.25) is 0 Å². The van der Waals surface area contributed by atoms with Crippen molar-refractivity contribution in [2.75, 3.05) is 0 Å². The van der Waals surface area contributed by atoms with Crippen molar-refractivity contribution in [1.29, 1.82) is 5.41 Å². The fraction of sp³-hybridized carbons (Fsp3) is 0.167. The van der Waals surface area contributed by atoms with Crippen LogP contribution in [0.25, 0.3) is 0 Å². The van der Waals surface area contributed by atoms with Gasteiger partial charge in [0.25, 0.3) is 0 Å². The highest BCUT2D eigenvalue weighted by molar-refractivity contribution is 5.95. The first-order chi connectivity index (χ1) is 7.66. The van der Waals surface area contributed by atoms with E-state index in [4.69, 9.17) is 11.1 Å². The van der Waals surface area contributed by atoms with E-state index in [-0.39, 0.29) is 5.84 Å². The zero-order chi connectivity index (χ0) is 11.5. The molecule has 4 nitrogen and oxygen atoms in total. The molecule has 0 spiro atoms. The van der Waals surface area contributed by atoms with Crippen molar-refractivity contribution in [3.05, 3.63) is 53.6 Å². The van der Waals surface area contributed by atoms with Crippen LogP contribution in [0.3, 0.4) is 0 Å². The highest BCUT2D eigenvalue weighted by Gasteiger charge is 2.02. The number of nitrogens with two attached hydrogens (primary N) is 1. The molecular formula is C12H14N4. The Hall–Kier alpha value is -2.10. The molecule has 1 heterocycles. The van der Waals surface area contributed by atoms with Crippen LogP contribution >= 0.6 is 0 Å². The minimum atomic E-state index is 0.109. The molecule has 0 aliphatic rings. The third kappa shape index (κ3) is 2.11. The number of nitrogens with zero attached hydrogens (tertiary/aromatic N) is 2. The Morgan fingerprint density at radius 2 is 2.31 bits per heavy atom. The van der Waals surface area contributed by atoms with Crippen LogP contribution in [0, 0.1) is 12.3 Å². The Morgan fingerprint density at radius 3 is 2.88 bits per heavy atom. The van der Waals surface area contributed by atoms with Gasteiger partial charge in [-0.3, -0.25) is 5.41 Å². The van der Waals surface area contributed by atoms with Crippen molar-refractivity contribution < 1.29 is 0 Å². The van der Waals surface area contributed by atoms with Crippen LogP contribution in [0.15, 0.2) is 36.9 Å². The van der Waals surface area contributed by atoms with Gasteiger partial charge in [0.05, 0.1) is 6.33 Å². The van der Waals surface area contributed by atoms with Gasteiger partial charge in [0.1, 0.15) is 5.84 Å². The second kappa shape index (κ2) is 4.18. The molecule has 0 radical (unpaired) electrons. The molecule has 1 aromatic heterocycles. The molecule has 16 heavy (non-hydrogen) atoms. The monoisotopic (exact) mass is 214 g/mol. The van der Waals surface area contributed by atoms with Gasteiger partial charge in [-0.05, 0) is 24.1 Å². The lowest BCUT2D eigenvalue weighted by molar-refractivity contribution is 0.792. The molecule has 0 atom stereocenters. The average Bonchev–Trinajstić information content (AvgIpc) is 2.73. The summed E-state index contributed by atoms with van der Waals surface area (Å²) in [7, 11) is 0. The van der Waals surface area contributed by atoms with Crippen molar-refractivity contribution in [1.82, 2.24) is 9.55 Å². The number of aryl methyl sites for hydroxylation is 1. The van der Waals surface area contributed by atoms with Crippen LogP contribution in [-0.2, 0) is 6.54 Å². The summed E-state index contributed by atoms with van der Waals surface area (Å²) < 4.78 is 2.01. The van der Waals surface area contributed by atoms with Gasteiger partial charge in [0.15, 0.2) is 0 Å². The number of rotatable bonds is 3. The third-order valence-electron chi connectivity index (χ3n) is 2.57. The summed E-state index contributed by atoms with van der Waals surface area (Å²) in [6, 6.07) is 5.82. The zero-order valence-electron chi connectivity index (χ0n) is 9.14. The first-order valence-electron chi connectivity index (χ1n) is 5.06. The standard InChI is InChI=1S/C12H14N4/c1-9-6-10(12(13)14)2-3-11(9)7-16-5-4-15-8-16/h2-6,8H,7H2,1H3,(H3,13,14). The minimum absolute atomic E-state index is 0.109. The van der Waals surface area contributed by atoms with Crippen molar-refractivity contribution >= 4 is 5.84 Å². The maximum atomic E-state index is 7.36. The largest absolute Gasteiger partial charge is 0.384 e. The van der Waals surface area contributed by atoms with E-state index < -0.39 is 0 Å². The second-order valence-electron chi connectivity index (χ2n) is 3.79. The number of hydrogen-bond donors (Lipinski definition) is 2. The summed E-state index contributed by atoms with van der Waals surface area (Å²) in [6.07, 6.45) is 5.48. The van der Waals surface area contributed by atoms with Gasteiger partial charge in [0.2, 0.25) is 0 Å². The Kier molecular flexibility index (Phi) is 2.72. The quantitative estimate of drug-likeness (QED) is 0.601. The molecule has 0 saturated carbocycles. The Balaban J connectivity index is 2.26. The van der Waals surface area contributed by atoms with Crippen LogP contribution < -0.4 is 5.73 Å². The van der Waals surface area contributed by atoms with Crippen LogP contribution in [0.5, 0.6) is 0 Å². The fourth-order valence-electron chi connectivity index (χ4n) is 1.62. The summed E-state index contributed by atoms with van der Waals surface area (Å²) in [5.41, 5.74) is 8.56. The van der Waals surface area contributed by atoms with E-state index in [0.29, 0.717) is 0 Å². The summed E-state index contributed by atoms with van der Waals surface area (Å²) in [6.45, 7) is 2.82. The molecule has 0 unspecified atom stereocenters. The average molecular weight is 214 g/mol. The topological polar surface area (TPSA) is 67.7 Å². The minimum Gasteiger partial charge on any atom is -0.384 e. The fourth-order valence-corrected chi connectivity index (χ4v) is 1.62. The van der Waals surface area contributed by atoms with Crippen molar-refractivity contribution in [3.8, 4) is 0 Å². The number of benzene rings is 1. The summed E-state index contributed by atoms with van der Waals surface area (Å²) in [4.78, 5) is 4.00. The first kappa shape index (κ1) is 10.4. The van der Waals surface area contributed by atoms with E-state index in [0.717, 1.165) is 17.7 Å². The SMILES string of the molecule is Cc1cc(C(=N)N)ccc1Cn1ccnc1. The molecule has 0 amide bonds. The molecule has 2 aromatic rings. The highest BCUT2D eigenvalue weighted by atomic mass is 15.0. The van der Waals surface area contributed by atoms with E-state index >= 15 is 0 Å². The molecule has 0 fully saturated rings. The molecule has 82 valence electrons. The number of aromatic nitrogens is 2. The van der Waals surface area contributed by atoms with Gasteiger partial charge in [-0.1, -0.05) is 12.1 Å². The normalized spacial score (nSPS) is 10.3. The highest BCUT2D eigenvalue weighted by Crippen LogP contribution is 2.12. The molecule has 0 aliphatic carbocycles. The predicted octanol–water partition coefficient (Wildman–Crippen LogP) is 1.52. The third-order valence-corrected chi connectivity index (χ3v) is 2.57. The van der Waals surface area contributed by atoms with E-state index in [1.54, 1.807) is 12.5 Å². The number of amidine groups is 1. The molecule has 0 aliphatic heterocycles. The maximum Gasteiger partial charge on any atom is 0.122 e. The van der Waals surface area contributed by atoms with Gasteiger partial charge < -0.3 is 10.3 Å². The van der Waals surface area contributed by atoms with Crippen LogP contribution in [-0.4, -0.2) is 15.4 Å². The molecule has 3 N–H and O–H groups in total. The Labute approximate surface area is 94.2 Å². The second-order valence-corrected chi connectivity index (χ2v) is 3.79. The number of nitrogen functional groups attached to an aromatic ring is 1. The van der Waals surface area contributed by atoms with E-state index in [9.17, 15) is 0 Å². The number of hydrogen-bond acceptors (Lipinski definition) is 2. The molecule has 0 saturated heterocycles. The van der Waals surface area contributed by atoms with Gasteiger partial charge in [0, 0.05) is 24.5 Å². The summed E-state index contributed by atoms with van der Waals surface area (Å²) in [5.74, 6) is 0.109. The van der Waals surface area contributed by atoms with E-state index in [2.05, 4.69) is 4.98 Å². The van der Waals surface area contributed by atoms with E-state index in [1.807, 2.05) is 35.9 Å². The molecule has 2 rings (SSSR count). The predicted molar refractivity (Wildman–Crippen MR) is 63.5 cm³/mol. The molecule has 4 heteroatoms.